The van der Waals surface area contributed by atoms with Gasteiger partial charge in [0.25, 0.3) is 5.56 Å². The summed E-state index contributed by atoms with van der Waals surface area (Å²) >= 11 is 7.67. The molecule has 6 aromatic rings. The number of aromatic nitrogens is 4. The van der Waals surface area contributed by atoms with Crippen LogP contribution in [0.4, 0.5) is 0 Å². The summed E-state index contributed by atoms with van der Waals surface area (Å²) in [7, 11) is 3.60. The quantitative estimate of drug-likeness (QED) is 0.264. The van der Waals surface area contributed by atoms with Crippen molar-refractivity contribution in [3.63, 3.8) is 0 Å². The number of aliphatic carboxylic acids is 1. The van der Waals surface area contributed by atoms with Crippen molar-refractivity contribution in [2.45, 2.75) is 13.3 Å². The second-order valence-electron chi connectivity index (χ2n) is 9.51. The number of halogens is 1. The predicted molar refractivity (Wildman–Crippen MR) is 157 cm³/mol. The molecule has 0 saturated carbocycles. The Hall–Kier alpha value is -4.27. The Morgan fingerprint density at radius 2 is 1.72 bits per heavy atom. The Kier molecular flexibility index (Phi) is 6.09. The van der Waals surface area contributed by atoms with Gasteiger partial charge < -0.3 is 5.11 Å². The van der Waals surface area contributed by atoms with Crippen molar-refractivity contribution < 1.29 is 9.90 Å². The van der Waals surface area contributed by atoms with E-state index in [1.54, 1.807) is 17.9 Å². The highest BCUT2D eigenvalue weighted by Gasteiger charge is 2.20. The fourth-order valence-electron chi connectivity index (χ4n) is 4.99. The van der Waals surface area contributed by atoms with Crippen LogP contribution in [0.2, 0.25) is 5.02 Å². The lowest BCUT2D eigenvalue weighted by molar-refractivity contribution is -0.136. The number of fused-ring (bicyclic) bond motifs is 2. The number of nitrogens with zero attached hydrogens (tertiary/aromatic N) is 4. The lowest BCUT2D eigenvalue weighted by Crippen LogP contribution is -2.16. The first-order valence-corrected chi connectivity index (χ1v) is 13.4. The molecule has 7 nitrogen and oxygen atoms in total. The highest BCUT2D eigenvalue weighted by Crippen LogP contribution is 2.41. The van der Waals surface area contributed by atoms with E-state index in [1.165, 1.54) is 11.3 Å². The molecule has 3 aromatic heterocycles. The van der Waals surface area contributed by atoms with Crippen molar-refractivity contribution in [3.8, 4) is 33.0 Å². The van der Waals surface area contributed by atoms with Gasteiger partial charge in [-0.05, 0) is 66.1 Å². The van der Waals surface area contributed by atoms with Crippen LogP contribution < -0.4 is 5.56 Å². The maximum atomic E-state index is 12.5. The molecule has 0 unspecified atom stereocenters. The number of hydrogen-bond acceptors (Lipinski definition) is 5. The molecule has 3 heterocycles. The zero-order valence-electron chi connectivity index (χ0n) is 21.4. The van der Waals surface area contributed by atoms with Gasteiger partial charge in [0.05, 0.1) is 33.2 Å². The van der Waals surface area contributed by atoms with Crippen LogP contribution in [0.25, 0.3) is 54.1 Å². The van der Waals surface area contributed by atoms with Crippen molar-refractivity contribution in [1.82, 2.24) is 19.3 Å². The van der Waals surface area contributed by atoms with E-state index in [0.29, 0.717) is 10.4 Å². The van der Waals surface area contributed by atoms with E-state index in [0.717, 1.165) is 59.8 Å². The van der Waals surface area contributed by atoms with E-state index in [4.69, 9.17) is 16.6 Å². The fraction of sp³-hybridized carbons (Fsp3) is 0.133. The number of benzene rings is 3. The van der Waals surface area contributed by atoms with Crippen molar-refractivity contribution >= 4 is 50.0 Å². The van der Waals surface area contributed by atoms with Gasteiger partial charge in [-0.3, -0.25) is 23.9 Å². The third-order valence-electron chi connectivity index (χ3n) is 7.10. The van der Waals surface area contributed by atoms with E-state index >= 15 is 0 Å². The Bertz CT molecular complexity index is 1990. The summed E-state index contributed by atoms with van der Waals surface area (Å²) in [6.45, 7) is 1.92. The van der Waals surface area contributed by atoms with Crippen LogP contribution in [-0.4, -0.2) is 30.4 Å². The highest BCUT2D eigenvalue weighted by atomic mass is 35.5. The summed E-state index contributed by atoms with van der Waals surface area (Å²) in [5.74, 6) is -0.885. The molecule has 3 aromatic carbocycles. The van der Waals surface area contributed by atoms with Crippen molar-refractivity contribution in [2.24, 2.45) is 14.1 Å². The summed E-state index contributed by atoms with van der Waals surface area (Å²) < 4.78 is 4.33. The van der Waals surface area contributed by atoms with Crippen molar-refractivity contribution in [1.29, 1.82) is 0 Å². The molecule has 6 rings (SSSR count). The largest absolute Gasteiger partial charge is 0.481 e. The van der Waals surface area contributed by atoms with Gasteiger partial charge in [-0.25, -0.2) is 4.98 Å². The van der Waals surface area contributed by atoms with Crippen molar-refractivity contribution in [2.75, 3.05) is 0 Å². The maximum Gasteiger partial charge on any atom is 0.307 e. The third kappa shape index (κ3) is 4.31. The van der Waals surface area contributed by atoms with Crippen LogP contribution in [0, 0.1) is 6.92 Å². The number of rotatable bonds is 5. The third-order valence-corrected chi connectivity index (χ3v) is 8.49. The fourth-order valence-corrected chi connectivity index (χ4v) is 6.25. The zero-order valence-corrected chi connectivity index (χ0v) is 23.0. The Labute approximate surface area is 232 Å². The molecule has 0 aliphatic rings. The number of carbonyl (C=O) groups is 1. The van der Waals surface area contributed by atoms with Gasteiger partial charge in [-0.15, -0.1) is 11.3 Å². The number of thiazole rings is 1. The lowest BCUT2D eigenvalue weighted by atomic mass is 9.93. The van der Waals surface area contributed by atoms with Gasteiger partial charge in [0.1, 0.15) is 5.01 Å². The van der Waals surface area contributed by atoms with Gasteiger partial charge in [0, 0.05) is 42.0 Å². The van der Waals surface area contributed by atoms with Crippen LogP contribution in [0.5, 0.6) is 0 Å². The van der Waals surface area contributed by atoms with E-state index in [9.17, 15) is 14.7 Å². The number of pyridine rings is 1. The Morgan fingerprint density at radius 3 is 2.46 bits per heavy atom. The molecular formula is C30H23ClN4O3S. The van der Waals surface area contributed by atoms with Crippen LogP contribution in [0.15, 0.2) is 71.7 Å². The Balaban J connectivity index is 1.50. The van der Waals surface area contributed by atoms with E-state index < -0.39 is 5.97 Å². The number of carboxylic acid groups (broad SMARTS) is 1. The molecule has 0 atom stereocenters. The molecule has 0 fully saturated rings. The van der Waals surface area contributed by atoms with Gasteiger partial charge in [0.15, 0.2) is 0 Å². The molecule has 1 N–H and O–H groups in total. The molecule has 0 radical (unpaired) electrons. The van der Waals surface area contributed by atoms with Gasteiger partial charge in [0.2, 0.25) is 0 Å². The second-order valence-corrected chi connectivity index (χ2v) is 10.9. The average Bonchev–Trinajstić information content (AvgIpc) is 3.44. The molecule has 0 aliphatic heterocycles. The summed E-state index contributed by atoms with van der Waals surface area (Å²) in [6, 6.07) is 19.0. The van der Waals surface area contributed by atoms with Crippen LogP contribution in [0.3, 0.4) is 0 Å². The molecular weight excluding hydrogens is 532 g/mol. The lowest BCUT2D eigenvalue weighted by Gasteiger charge is -2.13. The smallest absolute Gasteiger partial charge is 0.307 e. The molecule has 0 bridgehead atoms. The standard InChI is InChI=1S/C30H23ClN4O3S/c1-16-12-24-28(27(22(16)15-26(36)37)17-4-7-20(31)8-5-17)39-29(33-24)19-10-11-32-23(13-19)18-6-9-21-25(14-18)34(2)35(3)30(21)38/h4-14H,15H2,1-3H3,(H,36,37). The zero-order chi connectivity index (χ0) is 27.4. The monoisotopic (exact) mass is 554 g/mol. The van der Waals surface area contributed by atoms with Gasteiger partial charge in [-0.2, -0.15) is 0 Å². The first kappa shape index (κ1) is 25.0. The first-order chi connectivity index (χ1) is 18.7. The molecule has 9 heteroatoms. The normalized spacial score (nSPS) is 11.5. The van der Waals surface area contributed by atoms with Gasteiger partial charge in [-0.1, -0.05) is 29.8 Å². The number of hydrogen-bond donors (Lipinski definition) is 1. The summed E-state index contributed by atoms with van der Waals surface area (Å²) in [5, 5.41) is 11.7. The minimum Gasteiger partial charge on any atom is -0.481 e. The molecule has 0 saturated heterocycles. The first-order valence-electron chi connectivity index (χ1n) is 12.2. The van der Waals surface area contributed by atoms with Crippen molar-refractivity contribution in [3.05, 3.63) is 93.4 Å². The average molecular weight is 555 g/mol. The minimum atomic E-state index is -0.885. The van der Waals surface area contributed by atoms with E-state index in [2.05, 4.69) is 4.98 Å². The van der Waals surface area contributed by atoms with Gasteiger partial charge >= 0.3 is 5.97 Å². The second kappa shape index (κ2) is 9.48. The number of carboxylic acids is 1. The van der Waals surface area contributed by atoms with Crippen LogP contribution in [0.1, 0.15) is 11.1 Å². The molecule has 0 amide bonds. The minimum absolute atomic E-state index is 0.0377. The van der Waals surface area contributed by atoms with E-state index in [1.807, 2.05) is 79.3 Å². The van der Waals surface area contributed by atoms with E-state index in [-0.39, 0.29) is 12.0 Å². The van der Waals surface area contributed by atoms with Crippen LogP contribution in [-0.2, 0) is 25.3 Å². The summed E-state index contributed by atoms with van der Waals surface area (Å²) in [4.78, 5) is 33.8. The molecule has 194 valence electrons. The Morgan fingerprint density at radius 1 is 0.974 bits per heavy atom. The highest BCUT2D eigenvalue weighted by molar-refractivity contribution is 7.22. The molecule has 0 aliphatic carbocycles. The topological polar surface area (TPSA) is 90.0 Å². The SMILES string of the molecule is Cc1cc2nc(-c3ccnc(-c4ccc5c(=O)n(C)n(C)c5c4)c3)sc2c(-c2ccc(Cl)cc2)c1CC(=O)O. The molecule has 39 heavy (non-hydrogen) atoms. The molecule has 0 spiro atoms. The summed E-state index contributed by atoms with van der Waals surface area (Å²) in [5.41, 5.74) is 7.60. The number of aryl methyl sites for hydroxylation is 2. The van der Waals surface area contributed by atoms with Crippen LogP contribution >= 0.6 is 22.9 Å². The maximum absolute atomic E-state index is 12.5. The predicted octanol–water partition coefficient (Wildman–Crippen LogP) is 6.47. The summed E-state index contributed by atoms with van der Waals surface area (Å²) in [6.07, 6.45) is 1.67.